The highest BCUT2D eigenvalue weighted by Gasteiger charge is 2.16. The van der Waals surface area contributed by atoms with Gasteiger partial charge in [0.2, 0.25) is 0 Å². The summed E-state index contributed by atoms with van der Waals surface area (Å²) < 4.78 is 17.7. The van der Waals surface area contributed by atoms with E-state index < -0.39 is 17.8 Å². The zero-order valence-corrected chi connectivity index (χ0v) is 9.66. The van der Waals surface area contributed by atoms with Crippen molar-refractivity contribution < 1.29 is 13.9 Å². The van der Waals surface area contributed by atoms with Crippen molar-refractivity contribution in [2.75, 3.05) is 12.4 Å². The van der Waals surface area contributed by atoms with Gasteiger partial charge in [-0.05, 0) is 24.6 Å². The molecule has 0 aliphatic heterocycles. The number of nitriles is 1. The lowest BCUT2D eigenvalue weighted by molar-refractivity contribution is -0.141. The summed E-state index contributed by atoms with van der Waals surface area (Å²) in [5.41, 5.74) is 0.454. The lowest BCUT2D eigenvalue weighted by atomic mass is 10.1. The van der Waals surface area contributed by atoms with Crippen molar-refractivity contribution in [1.82, 2.24) is 0 Å². The van der Waals surface area contributed by atoms with Crippen LogP contribution in [-0.4, -0.2) is 19.1 Å². The maximum atomic E-state index is 13.1. The molecule has 0 bridgehead atoms. The number of esters is 1. The van der Waals surface area contributed by atoms with Gasteiger partial charge in [-0.25, -0.2) is 9.18 Å². The smallest absolute Gasteiger partial charge is 0.328 e. The molecule has 0 fully saturated rings. The summed E-state index contributed by atoms with van der Waals surface area (Å²) in [5, 5.41) is 11.6. The van der Waals surface area contributed by atoms with Crippen molar-refractivity contribution in [3.8, 4) is 6.07 Å². The predicted octanol–water partition coefficient (Wildman–Crippen LogP) is 2.06. The third-order valence-corrected chi connectivity index (χ3v) is 2.32. The lowest BCUT2D eigenvalue weighted by Gasteiger charge is -2.15. The van der Waals surface area contributed by atoms with Crippen LogP contribution in [0.5, 0.6) is 0 Å². The molecule has 0 saturated carbocycles. The normalized spacial score (nSPS) is 11.4. The van der Waals surface area contributed by atoms with Gasteiger partial charge < -0.3 is 10.1 Å². The van der Waals surface area contributed by atoms with Crippen LogP contribution in [0.25, 0.3) is 0 Å². The highest BCUT2D eigenvalue weighted by molar-refractivity contribution is 5.79. The highest BCUT2D eigenvalue weighted by Crippen LogP contribution is 2.15. The van der Waals surface area contributed by atoms with E-state index in [2.05, 4.69) is 10.1 Å². The van der Waals surface area contributed by atoms with Gasteiger partial charge in [-0.1, -0.05) is 6.92 Å². The fourth-order valence-corrected chi connectivity index (χ4v) is 1.37. The summed E-state index contributed by atoms with van der Waals surface area (Å²) in [7, 11) is 1.30. The molecule has 0 amide bonds. The number of anilines is 1. The number of methoxy groups -OCH3 is 1. The minimum atomic E-state index is -0.579. The minimum Gasteiger partial charge on any atom is -0.467 e. The van der Waals surface area contributed by atoms with Crippen molar-refractivity contribution in [3.63, 3.8) is 0 Å². The van der Waals surface area contributed by atoms with Gasteiger partial charge in [-0.15, -0.1) is 0 Å². The van der Waals surface area contributed by atoms with Crippen molar-refractivity contribution in [3.05, 3.63) is 29.6 Å². The lowest BCUT2D eigenvalue weighted by Crippen LogP contribution is -2.29. The molecule has 90 valence electrons. The van der Waals surface area contributed by atoms with Gasteiger partial charge in [0.05, 0.1) is 12.7 Å². The quantitative estimate of drug-likeness (QED) is 0.813. The number of rotatable bonds is 4. The number of nitrogens with one attached hydrogen (secondary N) is 1. The van der Waals surface area contributed by atoms with Crippen LogP contribution in [0, 0.1) is 17.1 Å². The molecule has 1 aromatic rings. The minimum absolute atomic E-state index is 0.0604. The third-order valence-electron chi connectivity index (χ3n) is 2.32. The third kappa shape index (κ3) is 3.18. The summed E-state index contributed by atoms with van der Waals surface area (Å²) in [6.07, 6.45) is 0.534. The Morgan fingerprint density at radius 1 is 1.65 bits per heavy atom. The second-order valence-corrected chi connectivity index (χ2v) is 3.43. The van der Waals surface area contributed by atoms with E-state index >= 15 is 0 Å². The molecule has 0 spiro atoms. The van der Waals surface area contributed by atoms with Gasteiger partial charge in [0.15, 0.2) is 0 Å². The highest BCUT2D eigenvalue weighted by atomic mass is 19.1. The summed E-state index contributed by atoms with van der Waals surface area (Å²) in [5.74, 6) is -0.973. The summed E-state index contributed by atoms with van der Waals surface area (Å²) in [6, 6.07) is 5.26. The Morgan fingerprint density at radius 2 is 2.35 bits per heavy atom. The molecule has 0 heterocycles. The van der Waals surface area contributed by atoms with E-state index in [0.29, 0.717) is 12.1 Å². The van der Waals surface area contributed by atoms with E-state index in [1.54, 1.807) is 6.07 Å². The monoisotopic (exact) mass is 236 g/mol. The van der Waals surface area contributed by atoms with Crippen LogP contribution in [0.4, 0.5) is 10.1 Å². The van der Waals surface area contributed by atoms with Gasteiger partial charge in [-0.2, -0.15) is 5.26 Å². The molecule has 1 atom stereocenters. The van der Waals surface area contributed by atoms with E-state index in [-0.39, 0.29) is 5.56 Å². The molecule has 1 aromatic carbocycles. The van der Waals surface area contributed by atoms with E-state index in [9.17, 15) is 9.18 Å². The first-order valence-electron chi connectivity index (χ1n) is 5.16. The van der Waals surface area contributed by atoms with Crippen LogP contribution in [0.1, 0.15) is 18.9 Å². The molecule has 17 heavy (non-hydrogen) atoms. The van der Waals surface area contributed by atoms with Crippen LogP contribution in [0.2, 0.25) is 0 Å². The molecular weight excluding hydrogens is 223 g/mol. The maximum absolute atomic E-state index is 13.1. The zero-order chi connectivity index (χ0) is 12.8. The maximum Gasteiger partial charge on any atom is 0.328 e. The molecular formula is C12H13FN2O2. The SMILES string of the molecule is CCC(Nc1ccc(F)c(C#N)c1)C(=O)OC. The van der Waals surface area contributed by atoms with Crippen LogP contribution in [0.3, 0.4) is 0 Å². The van der Waals surface area contributed by atoms with Crippen LogP contribution in [0.15, 0.2) is 18.2 Å². The summed E-state index contributed by atoms with van der Waals surface area (Å²) in [6.45, 7) is 1.82. The molecule has 0 aliphatic carbocycles. The number of halogens is 1. The number of hydrogen-bond acceptors (Lipinski definition) is 4. The fourth-order valence-electron chi connectivity index (χ4n) is 1.37. The van der Waals surface area contributed by atoms with E-state index in [4.69, 9.17) is 5.26 Å². The Bertz CT molecular complexity index is 454. The number of nitrogens with zero attached hydrogens (tertiary/aromatic N) is 1. The standard InChI is InChI=1S/C12H13FN2O2/c1-3-11(12(16)17-2)15-9-4-5-10(13)8(6-9)7-14/h4-6,11,15H,3H2,1-2H3. The zero-order valence-electron chi connectivity index (χ0n) is 9.66. The second kappa shape index (κ2) is 5.85. The average molecular weight is 236 g/mol. The van der Waals surface area contributed by atoms with E-state index in [1.807, 2.05) is 6.92 Å². The molecule has 0 aromatic heterocycles. The van der Waals surface area contributed by atoms with Crippen LogP contribution in [-0.2, 0) is 9.53 Å². The summed E-state index contributed by atoms with van der Waals surface area (Å²) >= 11 is 0. The van der Waals surface area contributed by atoms with Crippen molar-refractivity contribution >= 4 is 11.7 Å². The Hall–Kier alpha value is -2.09. The Labute approximate surface area is 99.0 Å². The second-order valence-electron chi connectivity index (χ2n) is 3.43. The van der Waals surface area contributed by atoms with Gasteiger partial charge in [0, 0.05) is 5.69 Å². The van der Waals surface area contributed by atoms with Crippen molar-refractivity contribution in [2.24, 2.45) is 0 Å². The molecule has 5 heteroatoms. The number of carbonyl (C=O) groups is 1. The van der Waals surface area contributed by atoms with Crippen molar-refractivity contribution in [1.29, 1.82) is 5.26 Å². The molecule has 0 saturated heterocycles. The molecule has 0 radical (unpaired) electrons. The van der Waals surface area contributed by atoms with E-state index in [1.165, 1.54) is 25.3 Å². The average Bonchev–Trinajstić information content (AvgIpc) is 2.36. The van der Waals surface area contributed by atoms with Crippen molar-refractivity contribution in [2.45, 2.75) is 19.4 Å². The largest absolute Gasteiger partial charge is 0.467 e. The first-order chi connectivity index (χ1) is 8.12. The van der Waals surface area contributed by atoms with Gasteiger partial charge in [0.25, 0.3) is 0 Å². The Balaban J connectivity index is 2.88. The number of benzene rings is 1. The molecule has 1 unspecified atom stereocenters. The van der Waals surface area contributed by atoms with Gasteiger partial charge in [0.1, 0.15) is 17.9 Å². The van der Waals surface area contributed by atoms with E-state index in [0.717, 1.165) is 0 Å². The predicted molar refractivity (Wildman–Crippen MR) is 60.8 cm³/mol. The molecule has 1 rings (SSSR count). The topological polar surface area (TPSA) is 62.1 Å². The fraction of sp³-hybridized carbons (Fsp3) is 0.333. The Morgan fingerprint density at radius 3 is 2.88 bits per heavy atom. The first kappa shape index (κ1) is 13.0. The van der Waals surface area contributed by atoms with Crippen LogP contribution >= 0.6 is 0 Å². The van der Waals surface area contributed by atoms with Gasteiger partial charge >= 0.3 is 5.97 Å². The number of carbonyl (C=O) groups excluding carboxylic acids is 1. The van der Waals surface area contributed by atoms with Gasteiger partial charge in [-0.3, -0.25) is 0 Å². The Kier molecular flexibility index (Phi) is 4.46. The van der Waals surface area contributed by atoms with Crippen LogP contribution < -0.4 is 5.32 Å². The molecule has 1 N–H and O–H groups in total. The number of hydrogen-bond donors (Lipinski definition) is 1. The summed E-state index contributed by atoms with van der Waals surface area (Å²) in [4.78, 5) is 11.3. The first-order valence-corrected chi connectivity index (χ1v) is 5.16. The molecule has 4 nitrogen and oxygen atoms in total. The molecule has 0 aliphatic rings. The number of ether oxygens (including phenoxy) is 1.